The molecule has 88 valence electrons. The minimum Gasteiger partial charge on any atom is -0.457 e. The molecule has 1 aromatic heterocycles. The molecule has 5 heteroatoms. The lowest BCUT2D eigenvalue weighted by Gasteiger charge is -2.14. The first-order valence-electron chi connectivity index (χ1n) is 5.31. The molecule has 16 heavy (non-hydrogen) atoms. The summed E-state index contributed by atoms with van der Waals surface area (Å²) in [6, 6.07) is 1.65. The van der Waals surface area contributed by atoms with Crippen molar-refractivity contribution < 1.29 is 13.9 Å². The Bertz CT molecular complexity index is 377. The van der Waals surface area contributed by atoms with Crippen LogP contribution in [0.1, 0.15) is 23.7 Å². The van der Waals surface area contributed by atoms with Crippen LogP contribution in [0.2, 0.25) is 0 Å². The Morgan fingerprint density at radius 2 is 2.50 bits per heavy atom. The molecule has 2 heterocycles. The van der Waals surface area contributed by atoms with E-state index in [2.05, 4.69) is 21.2 Å². The number of furan rings is 1. The van der Waals surface area contributed by atoms with Gasteiger partial charge in [0.25, 0.3) is 5.91 Å². The molecule has 1 fully saturated rings. The maximum Gasteiger partial charge on any atom is 0.255 e. The lowest BCUT2D eigenvalue weighted by molar-refractivity contribution is 0.0906. The summed E-state index contributed by atoms with van der Waals surface area (Å²) in [6.07, 6.45) is 2.72. The van der Waals surface area contributed by atoms with Gasteiger partial charge in [0.15, 0.2) is 4.67 Å². The second kappa shape index (κ2) is 5.01. The number of carbonyl (C=O) groups is 1. The molecule has 1 saturated heterocycles. The minimum atomic E-state index is -0.111. The number of ether oxygens (including phenoxy) is 1. The van der Waals surface area contributed by atoms with E-state index in [4.69, 9.17) is 9.15 Å². The van der Waals surface area contributed by atoms with Gasteiger partial charge in [0.2, 0.25) is 0 Å². The first kappa shape index (κ1) is 11.7. The van der Waals surface area contributed by atoms with Gasteiger partial charge in [-0.25, -0.2) is 0 Å². The van der Waals surface area contributed by atoms with Gasteiger partial charge in [-0.1, -0.05) is 0 Å². The summed E-state index contributed by atoms with van der Waals surface area (Å²) in [5.41, 5.74) is 0.534. The molecular weight excluding hydrogens is 274 g/mol. The molecule has 1 aliphatic rings. The Balaban J connectivity index is 1.86. The van der Waals surface area contributed by atoms with Gasteiger partial charge >= 0.3 is 0 Å². The van der Waals surface area contributed by atoms with E-state index in [9.17, 15) is 4.79 Å². The Labute approximate surface area is 102 Å². The van der Waals surface area contributed by atoms with Gasteiger partial charge in [0.1, 0.15) is 0 Å². The third-order valence-corrected chi connectivity index (χ3v) is 3.53. The van der Waals surface area contributed by atoms with E-state index < -0.39 is 0 Å². The van der Waals surface area contributed by atoms with E-state index in [1.165, 1.54) is 6.26 Å². The zero-order valence-corrected chi connectivity index (χ0v) is 10.6. The molecule has 0 aliphatic carbocycles. The number of hydrogen-bond acceptors (Lipinski definition) is 3. The van der Waals surface area contributed by atoms with Gasteiger partial charge in [-0.3, -0.25) is 4.79 Å². The van der Waals surface area contributed by atoms with Crippen molar-refractivity contribution in [3.05, 3.63) is 22.6 Å². The van der Waals surface area contributed by atoms with Gasteiger partial charge in [-0.05, 0) is 35.3 Å². The second-order valence-corrected chi connectivity index (χ2v) is 4.66. The molecule has 0 aromatic carbocycles. The van der Waals surface area contributed by atoms with Crippen LogP contribution in [0.4, 0.5) is 0 Å². The maximum absolute atomic E-state index is 11.7. The smallest absolute Gasteiger partial charge is 0.255 e. The summed E-state index contributed by atoms with van der Waals surface area (Å²) >= 11 is 3.18. The quantitative estimate of drug-likeness (QED) is 0.927. The zero-order chi connectivity index (χ0) is 11.5. The average molecular weight is 288 g/mol. The summed E-state index contributed by atoms with van der Waals surface area (Å²) in [5, 5.41) is 2.89. The highest BCUT2D eigenvalue weighted by Gasteiger charge is 2.25. The Hall–Kier alpha value is -0.810. The number of rotatable bonds is 3. The molecule has 4 nitrogen and oxygen atoms in total. The predicted octanol–water partition coefficient (Wildman–Crippen LogP) is 2.20. The van der Waals surface area contributed by atoms with Crippen molar-refractivity contribution in [2.24, 2.45) is 5.92 Å². The van der Waals surface area contributed by atoms with Gasteiger partial charge in [-0.15, -0.1) is 0 Å². The molecule has 1 amide bonds. The van der Waals surface area contributed by atoms with Crippen LogP contribution in [0.15, 0.2) is 21.4 Å². The van der Waals surface area contributed by atoms with E-state index in [1.807, 2.05) is 6.92 Å². The van der Waals surface area contributed by atoms with Crippen LogP contribution in [0.25, 0.3) is 0 Å². The van der Waals surface area contributed by atoms with Crippen LogP contribution >= 0.6 is 15.9 Å². The molecule has 0 radical (unpaired) electrons. The van der Waals surface area contributed by atoms with E-state index in [-0.39, 0.29) is 12.0 Å². The summed E-state index contributed by atoms with van der Waals surface area (Å²) in [4.78, 5) is 11.7. The lowest BCUT2D eigenvalue weighted by Crippen LogP contribution is -2.31. The number of nitrogens with one attached hydrogen (secondary N) is 1. The highest BCUT2D eigenvalue weighted by atomic mass is 79.9. The summed E-state index contributed by atoms with van der Waals surface area (Å²) in [6.45, 7) is 3.48. The SMILES string of the molecule is CC1OCCC1CNC(=O)c1ccoc1Br. The van der Waals surface area contributed by atoms with Crippen LogP contribution in [0.3, 0.4) is 0 Å². The van der Waals surface area contributed by atoms with Crippen molar-refractivity contribution in [2.75, 3.05) is 13.2 Å². The normalized spacial score (nSPS) is 24.6. The monoisotopic (exact) mass is 287 g/mol. The number of hydrogen-bond donors (Lipinski definition) is 1. The Morgan fingerprint density at radius 3 is 3.06 bits per heavy atom. The highest BCUT2D eigenvalue weighted by molar-refractivity contribution is 9.10. The molecule has 0 spiro atoms. The van der Waals surface area contributed by atoms with Crippen molar-refractivity contribution in [3.8, 4) is 0 Å². The predicted molar refractivity (Wildman–Crippen MR) is 62.3 cm³/mol. The minimum absolute atomic E-state index is 0.111. The highest BCUT2D eigenvalue weighted by Crippen LogP contribution is 2.20. The van der Waals surface area contributed by atoms with Gasteiger partial charge in [0.05, 0.1) is 17.9 Å². The lowest BCUT2D eigenvalue weighted by atomic mass is 10.0. The third kappa shape index (κ3) is 2.47. The Morgan fingerprint density at radius 1 is 1.69 bits per heavy atom. The molecule has 0 bridgehead atoms. The van der Waals surface area contributed by atoms with Crippen LogP contribution in [-0.4, -0.2) is 25.2 Å². The molecule has 1 aliphatic heterocycles. The fourth-order valence-electron chi connectivity index (χ4n) is 1.82. The second-order valence-electron chi connectivity index (χ2n) is 3.94. The van der Waals surface area contributed by atoms with Crippen LogP contribution < -0.4 is 5.32 Å². The summed E-state index contributed by atoms with van der Waals surface area (Å²) in [7, 11) is 0. The molecule has 2 atom stereocenters. The van der Waals surface area contributed by atoms with Crippen molar-refractivity contribution in [1.82, 2.24) is 5.32 Å². The van der Waals surface area contributed by atoms with Gasteiger partial charge < -0.3 is 14.5 Å². The molecule has 0 saturated carbocycles. The van der Waals surface area contributed by atoms with E-state index in [0.717, 1.165) is 13.0 Å². The Kier molecular flexibility index (Phi) is 3.66. The maximum atomic E-state index is 11.7. The van der Waals surface area contributed by atoms with E-state index >= 15 is 0 Å². The number of halogens is 1. The first-order chi connectivity index (χ1) is 7.68. The molecular formula is C11H14BrNO3. The van der Waals surface area contributed by atoms with Gasteiger partial charge in [-0.2, -0.15) is 0 Å². The summed E-state index contributed by atoms with van der Waals surface area (Å²) in [5.74, 6) is 0.300. The third-order valence-electron chi connectivity index (χ3n) is 2.92. The van der Waals surface area contributed by atoms with Crippen molar-refractivity contribution in [1.29, 1.82) is 0 Å². The van der Waals surface area contributed by atoms with E-state index in [1.54, 1.807) is 6.07 Å². The van der Waals surface area contributed by atoms with Crippen LogP contribution in [0.5, 0.6) is 0 Å². The molecule has 1 N–H and O–H groups in total. The number of amides is 1. The van der Waals surface area contributed by atoms with Crippen molar-refractivity contribution in [3.63, 3.8) is 0 Å². The van der Waals surface area contributed by atoms with Gasteiger partial charge in [0, 0.05) is 19.1 Å². The average Bonchev–Trinajstić information content (AvgIpc) is 2.84. The summed E-state index contributed by atoms with van der Waals surface area (Å²) < 4.78 is 10.9. The molecule has 2 rings (SSSR count). The zero-order valence-electron chi connectivity index (χ0n) is 9.03. The van der Waals surface area contributed by atoms with Crippen molar-refractivity contribution >= 4 is 21.8 Å². The molecule has 2 unspecified atom stereocenters. The van der Waals surface area contributed by atoms with Crippen LogP contribution in [0, 0.1) is 5.92 Å². The standard InChI is InChI=1S/C11H14BrNO3/c1-7-8(2-4-15-7)6-13-11(14)9-3-5-16-10(9)12/h3,5,7-8H,2,4,6H2,1H3,(H,13,14). The first-order valence-corrected chi connectivity index (χ1v) is 6.10. The fraction of sp³-hybridized carbons (Fsp3) is 0.545. The topological polar surface area (TPSA) is 51.5 Å². The fourth-order valence-corrected chi connectivity index (χ4v) is 2.24. The van der Waals surface area contributed by atoms with E-state index in [0.29, 0.717) is 22.7 Å². The van der Waals surface area contributed by atoms with Crippen molar-refractivity contribution in [2.45, 2.75) is 19.4 Å². The molecule has 1 aromatic rings. The largest absolute Gasteiger partial charge is 0.457 e. The van der Waals surface area contributed by atoms with Crippen LogP contribution in [-0.2, 0) is 4.74 Å². The number of carbonyl (C=O) groups excluding carboxylic acids is 1.